The fraction of sp³-hybridized carbons (Fsp3) is 0.786. The van der Waals surface area contributed by atoms with Gasteiger partial charge >= 0.3 is 0 Å². The van der Waals surface area contributed by atoms with Gasteiger partial charge in [0, 0.05) is 13.7 Å². The molecule has 5 heteroatoms. The summed E-state index contributed by atoms with van der Waals surface area (Å²) < 4.78 is 7.73. The summed E-state index contributed by atoms with van der Waals surface area (Å²) >= 11 is 6.34. The molecule has 0 radical (unpaired) electrons. The maximum absolute atomic E-state index is 6.34. The third-order valence-electron chi connectivity index (χ3n) is 3.73. The highest BCUT2D eigenvalue weighted by atomic mass is 35.5. The van der Waals surface area contributed by atoms with Crippen molar-refractivity contribution >= 4 is 11.6 Å². The second-order valence-corrected chi connectivity index (χ2v) is 5.57. The van der Waals surface area contributed by atoms with E-state index in [0.717, 1.165) is 30.2 Å². The van der Waals surface area contributed by atoms with Crippen LogP contribution in [0.5, 0.6) is 0 Å². The first-order valence-corrected chi connectivity index (χ1v) is 7.58. The normalized spacial score (nSPS) is 18.5. The van der Waals surface area contributed by atoms with Crippen molar-refractivity contribution < 1.29 is 4.74 Å². The smallest absolute Gasteiger partial charge is 0.0835 e. The third-order valence-corrected chi connectivity index (χ3v) is 4.02. The van der Waals surface area contributed by atoms with Gasteiger partial charge in [-0.3, -0.25) is 4.68 Å². The van der Waals surface area contributed by atoms with E-state index in [4.69, 9.17) is 16.3 Å². The molecule has 1 aromatic rings. The van der Waals surface area contributed by atoms with Gasteiger partial charge in [-0.25, -0.2) is 0 Å². The molecule has 0 spiro atoms. The highest BCUT2D eigenvalue weighted by molar-refractivity contribution is 6.31. The highest BCUT2D eigenvalue weighted by Gasteiger charge is 2.39. The fourth-order valence-corrected chi connectivity index (χ4v) is 2.89. The van der Waals surface area contributed by atoms with Crippen LogP contribution in [0, 0.1) is 5.92 Å². The quantitative estimate of drug-likeness (QED) is 0.798. The van der Waals surface area contributed by atoms with E-state index in [1.54, 1.807) is 13.3 Å². The van der Waals surface area contributed by atoms with Gasteiger partial charge < -0.3 is 10.1 Å². The number of hydrogen-bond acceptors (Lipinski definition) is 3. The average Bonchev–Trinajstić information content (AvgIpc) is 3.18. The molecule has 0 bridgehead atoms. The number of halogens is 1. The zero-order chi connectivity index (χ0) is 13.8. The molecule has 1 heterocycles. The molecule has 2 unspecified atom stereocenters. The van der Waals surface area contributed by atoms with E-state index in [9.17, 15) is 0 Å². The van der Waals surface area contributed by atoms with Crippen LogP contribution in [-0.4, -0.2) is 29.5 Å². The Morgan fingerprint density at radius 3 is 2.79 bits per heavy atom. The van der Waals surface area contributed by atoms with Gasteiger partial charge in [0.2, 0.25) is 0 Å². The minimum atomic E-state index is 0.132. The number of ether oxygens (including phenoxy) is 1. The predicted octanol–water partition coefficient (Wildman–Crippen LogP) is 3.02. The van der Waals surface area contributed by atoms with Crippen molar-refractivity contribution in [2.24, 2.45) is 5.92 Å². The molecule has 0 aliphatic heterocycles. The molecule has 2 atom stereocenters. The third kappa shape index (κ3) is 3.30. The summed E-state index contributed by atoms with van der Waals surface area (Å²) in [7, 11) is 1.80. The number of methoxy groups -OCH3 is 1. The van der Waals surface area contributed by atoms with Gasteiger partial charge in [0.05, 0.1) is 29.1 Å². The maximum Gasteiger partial charge on any atom is 0.0835 e. The fourth-order valence-electron chi connectivity index (χ4n) is 2.63. The lowest BCUT2D eigenvalue weighted by molar-refractivity contribution is 0.0480. The Labute approximate surface area is 120 Å². The number of rotatable bonds is 8. The average molecular weight is 286 g/mol. The van der Waals surface area contributed by atoms with Crippen LogP contribution >= 0.6 is 11.6 Å². The molecule has 4 nitrogen and oxygen atoms in total. The predicted molar refractivity (Wildman–Crippen MR) is 77.5 cm³/mol. The van der Waals surface area contributed by atoms with Gasteiger partial charge in [0.1, 0.15) is 0 Å². The lowest BCUT2D eigenvalue weighted by Gasteiger charge is -2.28. The first-order valence-electron chi connectivity index (χ1n) is 7.20. The van der Waals surface area contributed by atoms with E-state index in [0.29, 0.717) is 5.92 Å². The van der Waals surface area contributed by atoms with Crippen molar-refractivity contribution in [2.75, 3.05) is 13.7 Å². The lowest BCUT2D eigenvalue weighted by Crippen LogP contribution is -2.37. The van der Waals surface area contributed by atoms with E-state index < -0.39 is 0 Å². The van der Waals surface area contributed by atoms with Crippen LogP contribution in [0.3, 0.4) is 0 Å². The van der Waals surface area contributed by atoms with Crippen LogP contribution in [0.1, 0.15) is 44.8 Å². The first-order chi connectivity index (χ1) is 9.22. The summed E-state index contributed by atoms with van der Waals surface area (Å²) in [5.41, 5.74) is 1.07. The number of aryl methyl sites for hydroxylation is 1. The molecule has 2 rings (SSSR count). The van der Waals surface area contributed by atoms with Crippen molar-refractivity contribution in [3.63, 3.8) is 0 Å². The highest BCUT2D eigenvalue weighted by Crippen LogP contribution is 2.41. The first kappa shape index (κ1) is 14.8. The monoisotopic (exact) mass is 285 g/mol. The lowest BCUT2D eigenvalue weighted by atomic mass is 10.0. The second kappa shape index (κ2) is 6.73. The summed E-state index contributed by atoms with van der Waals surface area (Å²) in [6, 6.07) is 0.132. The standard InChI is InChI=1S/C14H24ClN3O/c1-4-8-16-12(14(19-3)10-6-7-10)13-11(15)9-17-18(13)5-2/h9-10,12,14,16H,4-8H2,1-3H3. The van der Waals surface area contributed by atoms with E-state index in [1.165, 1.54) is 12.8 Å². The Balaban J connectivity index is 2.26. The van der Waals surface area contributed by atoms with E-state index in [-0.39, 0.29) is 12.1 Å². The van der Waals surface area contributed by atoms with Gasteiger partial charge in [0.25, 0.3) is 0 Å². The number of hydrogen-bond donors (Lipinski definition) is 1. The molecule has 1 aromatic heterocycles. The van der Waals surface area contributed by atoms with Gasteiger partial charge in [-0.05, 0) is 38.6 Å². The summed E-state index contributed by atoms with van der Waals surface area (Å²) in [6.07, 6.45) is 5.52. The van der Waals surface area contributed by atoms with Gasteiger partial charge in [-0.2, -0.15) is 5.10 Å². The molecule has 19 heavy (non-hydrogen) atoms. The van der Waals surface area contributed by atoms with E-state index in [1.807, 2.05) is 4.68 Å². The molecule has 1 fully saturated rings. The Hall–Kier alpha value is -0.580. The summed E-state index contributed by atoms with van der Waals surface area (Å²) in [5, 5.41) is 8.67. The molecular weight excluding hydrogens is 262 g/mol. The molecule has 1 aliphatic carbocycles. The van der Waals surface area contributed by atoms with E-state index >= 15 is 0 Å². The van der Waals surface area contributed by atoms with Crippen LogP contribution in [0.25, 0.3) is 0 Å². The van der Waals surface area contributed by atoms with Crippen LogP contribution in [-0.2, 0) is 11.3 Å². The number of nitrogens with zero attached hydrogens (tertiary/aromatic N) is 2. The van der Waals surface area contributed by atoms with Crippen molar-refractivity contribution in [2.45, 2.75) is 51.8 Å². The van der Waals surface area contributed by atoms with Crippen molar-refractivity contribution in [1.29, 1.82) is 0 Å². The largest absolute Gasteiger partial charge is 0.379 e. The topological polar surface area (TPSA) is 39.1 Å². The Morgan fingerprint density at radius 2 is 2.26 bits per heavy atom. The van der Waals surface area contributed by atoms with E-state index in [2.05, 4.69) is 24.3 Å². The van der Waals surface area contributed by atoms with Crippen LogP contribution in [0.15, 0.2) is 6.20 Å². The summed E-state index contributed by atoms with van der Waals surface area (Å²) in [4.78, 5) is 0. The second-order valence-electron chi connectivity index (χ2n) is 5.16. The van der Waals surface area contributed by atoms with Crippen molar-refractivity contribution in [1.82, 2.24) is 15.1 Å². The molecule has 1 aliphatic rings. The van der Waals surface area contributed by atoms with Crippen molar-refractivity contribution in [3.8, 4) is 0 Å². The molecule has 0 aromatic carbocycles. The summed E-state index contributed by atoms with van der Waals surface area (Å²) in [5.74, 6) is 0.649. The van der Waals surface area contributed by atoms with Gasteiger partial charge in [-0.15, -0.1) is 0 Å². The SMILES string of the molecule is CCCNC(c1c(Cl)cnn1CC)C(OC)C1CC1. The van der Waals surface area contributed by atoms with Crippen LogP contribution in [0.2, 0.25) is 5.02 Å². The zero-order valence-corrected chi connectivity index (χ0v) is 12.8. The Morgan fingerprint density at radius 1 is 1.53 bits per heavy atom. The minimum Gasteiger partial charge on any atom is -0.379 e. The molecular formula is C14H24ClN3O. The zero-order valence-electron chi connectivity index (χ0n) is 12.0. The number of nitrogens with one attached hydrogen (secondary N) is 1. The van der Waals surface area contributed by atoms with Gasteiger partial charge in [0.15, 0.2) is 0 Å². The molecule has 108 valence electrons. The van der Waals surface area contributed by atoms with Crippen LogP contribution < -0.4 is 5.32 Å². The maximum atomic E-state index is 6.34. The minimum absolute atomic E-state index is 0.132. The van der Waals surface area contributed by atoms with Gasteiger partial charge in [-0.1, -0.05) is 18.5 Å². The molecule has 0 saturated heterocycles. The Bertz CT molecular complexity index is 403. The molecule has 0 amide bonds. The van der Waals surface area contributed by atoms with Crippen LogP contribution in [0.4, 0.5) is 0 Å². The Kier molecular flexibility index (Phi) is 5.25. The molecule has 1 saturated carbocycles. The molecule has 1 N–H and O–H groups in total. The number of aromatic nitrogens is 2. The summed E-state index contributed by atoms with van der Waals surface area (Å²) in [6.45, 7) is 6.04. The van der Waals surface area contributed by atoms with Crippen molar-refractivity contribution in [3.05, 3.63) is 16.9 Å².